The maximum Gasteiger partial charge on any atom is 0.335 e. The minimum atomic E-state index is -0.911. The molecule has 0 radical (unpaired) electrons. The second-order valence-electron chi connectivity index (χ2n) is 4.25. The Morgan fingerprint density at radius 3 is 2.41 bits per heavy atom. The van der Waals surface area contributed by atoms with Crippen LogP contribution in [0.3, 0.4) is 0 Å². The molecule has 0 saturated carbocycles. The Hall–Kier alpha value is -1.51. The van der Waals surface area contributed by atoms with Crippen molar-refractivity contribution in [2.24, 2.45) is 0 Å². The summed E-state index contributed by atoms with van der Waals surface area (Å²) in [5, 5.41) is 18.9. The first-order valence-corrected chi connectivity index (χ1v) is 6.18. The van der Waals surface area contributed by atoms with E-state index in [1.807, 2.05) is 6.92 Å². The number of rotatable bonds is 6. The van der Waals surface area contributed by atoms with Crippen LogP contribution in [-0.2, 0) is 12.8 Å². The Morgan fingerprint density at radius 1 is 1.18 bits per heavy atom. The van der Waals surface area contributed by atoms with Crippen molar-refractivity contribution in [3.05, 3.63) is 28.8 Å². The molecule has 0 heterocycles. The van der Waals surface area contributed by atoms with E-state index in [-0.39, 0.29) is 5.75 Å². The number of unbranched alkanes of at least 4 members (excludes halogenated alkanes) is 2. The normalized spacial score (nSPS) is 10.5. The molecule has 1 rings (SSSR count). The van der Waals surface area contributed by atoms with Gasteiger partial charge >= 0.3 is 5.97 Å². The fourth-order valence-electron chi connectivity index (χ4n) is 1.93. The lowest BCUT2D eigenvalue weighted by Gasteiger charge is -2.10. The molecule has 1 aromatic carbocycles. The molecule has 3 nitrogen and oxygen atoms in total. The smallest absolute Gasteiger partial charge is 0.335 e. The molecule has 0 aliphatic heterocycles. The highest BCUT2D eigenvalue weighted by molar-refractivity contribution is 5.90. The number of carboxylic acids is 1. The van der Waals surface area contributed by atoms with Crippen molar-refractivity contribution in [2.75, 3.05) is 0 Å². The lowest BCUT2D eigenvalue weighted by molar-refractivity contribution is 0.0695. The molecule has 0 spiro atoms. The Balaban J connectivity index is 3.01. The van der Waals surface area contributed by atoms with E-state index in [1.54, 1.807) is 12.1 Å². The highest BCUT2D eigenvalue weighted by Gasteiger charge is 2.13. The number of aromatic carboxylic acids is 1. The van der Waals surface area contributed by atoms with Crippen LogP contribution >= 0.6 is 0 Å². The van der Waals surface area contributed by atoms with E-state index in [0.717, 1.165) is 24.8 Å². The summed E-state index contributed by atoms with van der Waals surface area (Å²) in [6, 6.07) is 3.21. The van der Waals surface area contributed by atoms with E-state index in [0.29, 0.717) is 24.0 Å². The zero-order valence-electron chi connectivity index (χ0n) is 10.5. The number of benzene rings is 1. The van der Waals surface area contributed by atoms with Gasteiger partial charge in [-0.15, -0.1) is 0 Å². The first kappa shape index (κ1) is 13.6. The van der Waals surface area contributed by atoms with Crippen molar-refractivity contribution in [3.8, 4) is 5.75 Å². The third kappa shape index (κ3) is 3.48. The van der Waals surface area contributed by atoms with Gasteiger partial charge in [0, 0.05) is 0 Å². The summed E-state index contributed by atoms with van der Waals surface area (Å²) < 4.78 is 0. The number of phenols is 1. The maximum atomic E-state index is 11.2. The van der Waals surface area contributed by atoms with Gasteiger partial charge in [0.05, 0.1) is 5.56 Å². The average molecular weight is 236 g/mol. The molecule has 3 heteroatoms. The summed E-state index contributed by atoms with van der Waals surface area (Å²) in [4.78, 5) is 11.2. The summed E-state index contributed by atoms with van der Waals surface area (Å²) in [5.41, 5.74) is 1.76. The lowest BCUT2D eigenvalue weighted by Crippen LogP contribution is -2.04. The quantitative estimate of drug-likeness (QED) is 0.744. The molecule has 0 unspecified atom stereocenters. The van der Waals surface area contributed by atoms with Gasteiger partial charge in [-0.2, -0.15) is 0 Å². The van der Waals surface area contributed by atoms with Crippen molar-refractivity contribution in [1.82, 2.24) is 0 Å². The van der Waals surface area contributed by atoms with Crippen molar-refractivity contribution in [1.29, 1.82) is 0 Å². The fraction of sp³-hybridized carbons (Fsp3) is 0.500. The van der Waals surface area contributed by atoms with Gasteiger partial charge < -0.3 is 10.2 Å². The molecule has 0 amide bonds. The zero-order valence-corrected chi connectivity index (χ0v) is 10.5. The number of carboxylic acid groups (broad SMARTS) is 1. The minimum Gasteiger partial charge on any atom is -0.508 e. The van der Waals surface area contributed by atoms with E-state index >= 15 is 0 Å². The molecule has 0 atom stereocenters. The lowest BCUT2D eigenvalue weighted by atomic mass is 9.97. The Kier molecular flexibility index (Phi) is 5.01. The summed E-state index contributed by atoms with van der Waals surface area (Å²) in [6.07, 6.45) is 4.49. The Morgan fingerprint density at radius 2 is 1.88 bits per heavy atom. The molecule has 0 aromatic heterocycles. The van der Waals surface area contributed by atoms with Crippen LogP contribution in [0.4, 0.5) is 0 Å². The van der Waals surface area contributed by atoms with Crippen molar-refractivity contribution in [3.63, 3.8) is 0 Å². The molecule has 17 heavy (non-hydrogen) atoms. The second kappa shape index (κ2) is 6.28. The van der Waals surface area contributed by atoms with Gasteiger partial charge in [0.15, 0.2) is 0 Å². The van der Waals surface area contributed by atoms with E-state index in [1.165, 1.54) is 0 Å². The second-order valence-corrected chi connectivity index (χ2v) is 4.25. The van der Waals surface area contributed by atoms with Crippen LogP contribution in [-0.4, -0.2) is 16.2 Å². The van der Waals surface area contributed by atoms with Gasteiger partial charge in [-0.25, -0.2) is 4.79 Å². The fourth-order valence-corrected chi connectivity index (χ4v) is 1.93. The van der Waals surface area contributed by atoms with Crippen LogP contribution in [0.25, 0.3) is 0 Å². The number of hydrogen-bond acceptors (Lipinski definition) is 2. The van der Waals surface area contributed by atoms with Crippen molar-refractivity contribution in [2.45, 2.75) is 46.0 Å². The standard InChI is InChI=1S/C14H20O3/c1-3-5-6-7-11-9-13(15)10(4-2)8-12(11)14(16)17/h8-9,15H,3-7H2,1-2H3,(H,16,17). The highest BCUT2D eigenvalue weighted by Crippen LogP contribution is 2.24. The van der Waals surface area contributed by atoms with Gasteiger partial charge in [-0.05, 0) is 42.5 Å². The molecular formula is C14H20O3. The van der Waals surface area contributed by atoms with Crippen LogP contribution in [0.15, 0.2) is 12.1 Å². The first-order chi connectivity index (χ1) is 8.10. The van der Waals surface area contributed by atoms with Gasteiger partial charge in [0.25, 0.3) is 0 Å². The Bertz CT molecular complexity index is 397. The number of aryl methyl sites for hydroxylation is 2. The van der Waals surface area contributed by atoms with Crippen molar-refractivity contribution >= 4 is 5.97 Å². The van der Waals surface area contributed by atoms with Crippen LogP contribution in [0.5, 0.6) is 5.75 Å². The summed E-state index contributed by atoms with van der Waals surface area (Å²) in [7, 11) is 0. The monoisotopic (exact) mass is 236 g/mol. The molecule has 1 aromatic rings. The average Bonchev–Trinajstić information content (AvgIpc) is 2.29. The maximum absolute atomic E-state index is 11.2. The van der Waals surface area contributed by atoms with E-state index in [9.17, 15) is 9.90 Å². The van der Waals surface area contributed by atoms with E-state index in [2.05, 4.69) is 6.92 Å². The highest BCUT2D eigenvalue weighted by atomic mass is 16.4. The molecule has 0 fully saturated rings. The summed E-state index contributed by atoms with van der Waals surface area (Å²) in [6.45, 7) is 4.01. The van der Waals surface area contributed by atoms with Crippen LogP contribution in [0.2, 0.25) is 0 Å². The van der Waals surface area contributed by atoms with Crippen molar-refractivity contribution < 1.29 is 15.0 Å². The molecule has 0 saturated heterocycles. The van der Waals surface area contributed by atoms with Gasteiger partial charge in [0.1, 0.15) is 5.75 Å². The summed E-state index contributed by atoms with van der Waals surface area (Å²) in [5.74, 6) is -0.699. The predicted molar refractivity (Wildman–Crippen MR) is 67.7 cm³/mol. The minimum absolute atomic E-state index is 0.212. The number of hydrogen-bond donors (Lipinski definition) is 2. The molecule has 94 valence electrons. The van der Waals surface area contributed by atoms with Crippen LogP contribution < -0.4 is 0 Å². The van der Waals surface area contributed by atoms with E-state index in [4.69, 9.17) is 5.11 Å². The van der Waals surface area contributed by atoms with Gasteiger partial charge in [-0.3, -0.25) is 0 Å². The summed E-state index contributed by atoms with van der Waals surface area (Å²) >= 11 is 0. The molecule has 0 aliphatic carbocycles. The SMILES string of the molecule is CCCCCc1cc(O)c(CC)cc1C(=O)O. The third-order valence-electron chi connectivity index (χ3n) is 2.97. The van der Waals surface area contributed by atoms with Gasteiger partial charge in [-0.1, -0.05) is 26.7 Å². The van der Waals surface area contributed by atoms with Crippen LogP contribution in [0.1, 0.15) is 54.6 Å². The number of carbonyl (C=O) groups is 1. The third-order valence-corrected chi connectivity index (χ3v) is 2.97. The topological polar surface area (TPSA) is 57.5 Å². The number of phenolic OH excluding ortho intramolecular Hbond substituents is 1. The molecule has 0 bridgehead atoms. The zero-order chi connectivity index (χ0) is 12.8. The Labute approximate surface area is 102 Å². The van der Waals surface area contributed by atoms with E-state index < -0.39 is 5.97 Å². The van der Waals surface area contributed by atoms with Gasteiger partial charge in [0.2, 0.25) is 0 Å². The number of aromatic hydroxyl groups is 1. The predicted octanol–water partition coefficient (Wildman–Crippen LogP) is 3.39. The molecular weight excluding hydrogens is 216 g/mol. The largest absolute Gasteiger partial charge is 0.508 e. The molecule has 0 aliphatic rings. The van der Waals surface area contributed by atoms with Crippen LogP contribution in [0, 0.1) is 0 Å². The first-order valence-electron chi connectivity index (χ1n) is 6.18. The molecule has 2 N–H and O–H groups in total.